The van der Waals surface area contributed by atoms with Crippen molar-refractivity contribution in [3.63, 3.8) is 0 Å². The molecule has 3 aromatic rings. The minimum Gasteiger partial charge on any atom is -0.327 e. The van der Waals surface area contributed by atoms with Crippen molar-refractivity contribution in [3.05, 3.63) is 71.2 Å². The fourth-order valence-corrected chi connectivity index (χ4v) is 4.23. The van der Waals surface area contributed by atoms with Crippen LogP contribution in [0.3, 0.4) is 0 Å². The predicted octanol–water partition coefficient (Wildman–Crippen LogP) is 4.69. The summed E-state index contributed by atoms with van der Waals surface area (Å²) >= 11 is 3.24. The molecular formula is C18H16BrNO2S. The first kappa shape index (κ1) is 16.0. The largest absolute Gasteiger partial charge is 0.327 e. The summed E-state index contributed by atoms with van der Waals surface area (Å²) in [6.07, 6.45) is 1.88. The molecule has 0 radical (unpaired) electrons. The Morgan fingerprint density at radius 2 is 1.78 bits per heavy atom. The topological polar surface area (TPSA) is 39.1 Å². The number of hydrogen-bond acceptors (Lipinski definition) is 2. The van der Waals surface area contributed by atoms with Crippen LogP contribution in [0.15, 0.2) is 75.6 Å². The molecule has 23 heavy (non-hydrogen) atoms. The van der Waals surface area contributed by atoms with E-state index >= 15 is 0 Å². The first-order valence-electron chi connectivity index (χ1n) is 7.19. The van der Waals surface area contributed by atoms with Crippen LogP contribution in [0.1, 0.15) is 5.56 Å². The maximum atomic E-state index is 13.0. The van der Waals surface area contributed by atoms with Gasteiger partial charge in [-0.05, 0) is 36.2 Å². The number of aryl methyl sites for hydroxylation is 1. The quantitative estimate of drug-likeness (QED) is 0.648. The minimum absolute atomic E-state index is 0.313. The Bertz CT molecular complexity index is 970. The second kappa shape index (κ2) is 6.34. The first-order valence-corrected chi connectivity index (χ1v) is 9.59. The van der Waals surface area contributed by atoms with Gasteiger partial charge >= 0.3 is 0 Å². The summed E-state index contributed by atoms with van der Waals surface area (Å²) in [7, 11) is -3.56. The monoisotopic (exact) mass is 389 g/mol. The summed E-state index contributed by atoms with van der Waals surface area (Å²) in [5, 5.41) is 1.23. The molecular weight excluding hydrogens is 374 g/mol. The fourth-order valence-electron chi connectivity index (χ4n) is 2.58. The number of nitrogens with zero attached hydrogens (tertiary/aromatic N) is 1. The van der Waals surface area contributed by atoms with Crippen LogP contribution in [0.4, 0.5) is 0 Å². The van der Waals surface area contributed by atoms with E-state index in [4.69, 9.17) is 0 Å². The van der Waals surface area contributed by atoms with E-state index in [9.17, 15) is 8.42 Å². The Labute approximate surface area is 144 Å². The number of benzene rings is 2. The zero-order chi connectivity index (χ0) is 16.4. The van der Waals surface area contributed by atoms with Gasteiger partial charge in [0, 0.05) is 17.4 Å². The summed E-state index contributed by atoms with van der Waals surface area (Å²) in [5.74, 6) is 0. The predicted molar refractivity (Wildman–Crippen MR) is 96.6 cm³/mol. The molecule has 0 saturated heterocycles. The van der Waals surface area contributed by atoms with E-state index in [1.165, 1.54) is 0 Å². The van der Waals surface area contributed by atoms with Crippen LogP contribution < -0.4 is 0 Å². The maximum absolute atomic E-state index is 13.0. The molecule has 0 bridgehead atoms. The highest BCUT2D eigenvalue weighted by Crippen LogP contribution is 2.28. The van der Waals surface area contributed by atoms with E-state index in [1.54, 1.807) is 23.2 Å². The molecule has 0 aliphatic carbocycles. The van der Waals surface area contributed by atoms with Gasteiger partial charge in [-0.1, -0.05) is 57.9 Å². The second-order valence-electron chi connectivity index (χ2n) is 5.33. The van der Waals surface area contributed by atoms with Crippen molar-refractivity contribution in [2.45, 2.75) is 23.4 Å². The summed E-state index contributed by atoms with van der Waals surface area (Å²) in [5.41, 5.74) is 1.94. The third-order valence-corrected chi connectivity index (χ3v) is 5.91. The highest BCUT2D eigenvalue weighted by molar-refractivity contribution is 9.11. The molecule has 0 spiro atoms. The highest BCUT2D eigenvalue weighted by Gasteiger charge is 2.23. The van der Waals surface area contributed by atoms with E-state index in [0.29, 0.717) is 16.5 Å². The molecule has 3 nitrogen and oxygen atoms in total. The van der Waals surface area contributed by atoms with E-state index in [2.05, 4.69) is 15.9 Å². The SMILES string of the molecule is Cc1ccc(S(=O)(=O)c2cc3ccccc3n2C/C=C/Br)cc1. The lowest BCUT2D eigenvalue weighted by atomic mass is 10.2. The Morgan fingerprint density at radius 3 is 2.48 bits per heavy atom. The van der Waals surface area contributed by atoms with Crippen molar-refractivity contribution in [1.29, 1.82) is 0 Å². The molecule has 0 saturated carbocycles. The standard InChI is InChI=1S/C18H16BrNO2S/c1-14-7-9-16(10-8-14)23(21,22)18-13-15-5-2-3-6-17(15)20(18)12-4-11-19/h2-11,13H,12H2,1H3/b11-4+. The number of halogens is 1. The molecule has 0 fully saturated rings. The van der Waals surface area contributed by atoms with Gasteiger partial charge in [-0.15, -0.1) is 0 Å². The third kappa shape index (κ3) is 2.99. The Balaban J connectivity index is 2.23. The van der Waals surface area contributed by atoms with Crippen LogP contribution in [0.5, 0.6) is 0 Å². The fraction of sp³-hybridized carbons (Fsp3) is 0.111. The lowest BCUT2D eigenvalue weighted by Gasteiger charge is -2.09. The summed E-state index contributed by atoms with van der Waals surface area (Å²) < 4.78 is 27.9. The van der Waals surface area contributed by atoms with E-state index in [-0.39, 0.29) is 0 Å². The molecule has 0 aliphatic heterocycles. The van der Waals surface area contributed by atoms with Crippen molar-refractivity contribution in [3.8, 4) is 0 Å². The Hall–Kier alpha value is -1.85. The lowest BCUT2D eigenvalue weighted by molar-refractivity contribution is 0.584. The number of aromatic nitrogens is 1. The Kier molecular flexibility index (Phi) is 4.41. The van der Waals surface area contributed by atoms with Crippen molar-refractivity contribution in [2.75, 3.05) is 0 Å². The van der Waals surface area contributed by atoms with Crippen LogP contribution in [0.25, 0.3) is 10.9 Å². The van der Waals surface area contributed by atoms with Crippen molar-refractivity contribution in [2.24, 2.45) is 0 Å². The van der Waals surface area contributed by atoms with Crippen LogP contribution in [0.2, 0.25) is 0 Å². The highest BCUT2D eigenvalue weighted by atomic mass is 79.9. The molecule has 118 valence electrons. The number of allylic oxidation sites excluding steroid dienone is 1. The number of sulfone groups is 1. The number of hydrogen-bond donors (Lipinski definition) is 0. The minimum atomic E-state index is -3.56. The van der Waals surface area contributed by atoms with E-state index in [1.807, 2.05) is 54.0 Å². The number of fused-ring (bicyclic) bond motifs is 1. The second-order valence-corrected chi connectivity index (χ2v) is 7.76. The van der Waals surface area contributed by atoms with Gasteiger partial charge in [0.05, 0.1) is 4.90 Å². The average Bonchev–Trinajstić information content (AvgIpc) is 2.93. The molecule has 1 heterocycles. The normalized spacial score (nSPS) is 12.3. The molecule has 0 unspecified atom stereocenters. The van der Waals surface area contributed by atoms with Gasteiger partial charge in [-0.3, -0.25) is 0 Å². The van der Waals surface area contributed by atoms with Gasteiger partial charge in [0.15, 0.2) is 0 Å². The molecule has 5 heteroatoms. The zero-order valence-electron chi connectivity index (χ0n) is 12.6. The molecule has 0 N–H and O–H groups in total. The molecule has 0 amide bonds. The van der Waals surface area contributed by atoms with Gasteiger partial charge in [0.1, 0.15) is 5.03 Å². The third-order valence-electron chi connectivity index (χ3n) is 3.76. The van der Waals surface area contributed by atoms with Crippen LogP contribution >= 0.6 is 15.9 Å². The van der Waals surface area contributed by atoms with Gasteiger partial charge in [0.25, 0.3) is 0 Å². The lowest BCUT2D eigenvalue weighted by Crippen LogP contribution is -2.09. The van der Waals surface area contributed by atoms with Crippen LogP contribution in [-0.4, -0.2) is 13.0 Å². The Morgan fingerprint density at radius 1 is 1.09 bits per heavy atom. The molecule has 3 rings (SSSR count). The first-order chi connectivity index (χ1) is 11.0. The van der Waals surface area contributed by atoms with Crippen LogP contribution in [-0.2, 0) is 16.4 Å². The molecule has 0 atom stereocenters. The van der Waals surface area contributed by atoms with Gasteiger partial charge in [0.2, 0.25) is 9.84 Å². The van der Waals surface area contributed by atoms with Gasteiger partial charge in [-0.2, -0.15) is 0 Å². The molecule has 2 aromatic carbocycles. The summed E-state index contributed by atoms with van der Waals surface area (Å²) in [6, 6.07) is 16.4. The van der Waals surface area contributed by atoms with Crippen molar-refractivity contribution in [1.82, 2.24) is 4.57 Å². The van der Waals surface area contributed by atoms with E-state index in [0.717, 1.165) is 16.5 Å². The van der Waals surface area contributed by atoms with Crippen molar-refractivity contribution >= 4 is 36.7 Å². The van der Waals surface area contributed by atoms with Gasteiger partial charge in [-0.25, -0.2) is 8.42 Å². The van der Waals surface area contributed by atoms with Crippen molar-refractivity contribution < 1.29 is 8.42 Å². The van der Waals surface area contributed by atoms with Gasteiger partial charge < -0.3 is 4.57 Å². The number of para-hydroxylation sites is 1. The van der Waals surface area contributed by atoms with Crippen LogP contribution in [0, 0.1) is 6.92 Å². The number of rotatable bonds is 4. The smallest absolute Gasteiger partial charge is 0.222 e. The summed E-state index contributed by atoms with van der Waals surface area (Å²) in [6.45, 7) is 2.42. The zero-order valence-corrected chi connectivity index (χ0v) is 15.0. The molecule has 0 aliphatic rings. The maximum Gasteiger partial charge on any atom is 0.222 e. The van der Waals surface area contributed by atoms with E-state index < -0.39 is 9.84 Å². The molecule has 1 aromatic heterocycles. The summed E-state index contributed by atoms with van der Waals surface area (Å²) in [4.78, 5) is 2.05. The average molecular weight is 390 g/mol.